The third-order valence-corrected chi connectivity index (χ3v) is 5.02. The van der Waals surface area contributed by atoms with Crippen molar-refractivity contribution in [3.8, 4) is 0 Å². The molecule has 0 aliphatic carbocycles. The molecule has 0 aromatic carbocycles. The predicted octanol–water partition coefficient (Wildman–Crippen LogP) is 1.29. The molecule has 1 fully saturated rings. The molecule has 0 bridgehead atoms. The van der Waals surface area contributed by atoms with Crippen molar-refractivity contribution in [2.24, 2.45) is 0 Å². The maximum Gasteiger partial charge on any atom is 0.211 e. The standard InChI is InChI=1S/C10H17N3O2S2/c1-8-7-11-10(16-8)12-9-3-5-13(6-4-9)17(2,14)15/h7,9H,3-6H2,1-2H3,(H,11,12). The summed E-state index contributed by atoms with van der Waals surface area (Å²) in [5.41, 5.74) is 0. The molecule has 0 spiro atoms. The van der Waals surface area contributed by atoms with Gasteiger partial charge in [0.2, 0.25) is 10.0 Å². The first-order chi connectivity index (χ1) is 7.95. The topological polar surface area (TPSA) is 62.3 Å². The van der Waals surface area contributed by atoms with Gasteiger partial charge in [-0.15, -0.1) is 11.3 Å². The van der Waals surface area contributed by atoms with Crippen LogP contribution in [0.2, 0.25) is 0 Å². The summed E-state index contributed by atoms with van der Waals surface area (Å²) in [5, 5.41) is 4.29. The van der Waals surface area contributed by atoms with Crippen LogP contribution in [0.3, 0.4) is 0 Å². The van der Waals surface area contributed by atoms with Crippen LogP contribution in [-0.2, 0) is 10.0 Å². The predicted molar refractivity (Wildman–Crippen MR) is 69.9 cm³/mol. The molecular weight excluding hydrogens is 258 g/mol. The number of hydrogen-bond donors (Lipinski definition) is 1. The lowest BCUT2D eigenvalue weighted by atomic mass is 10.1. The van der Waals surface area contributed by atoms with E-state index in [1.54, 1.807) is 11.3 Å². The van der Waals surface area contributed by atoms with Crippen molar-refractivity contribution >= 4 is 26.5 Å². The third-order valence-electron chi connectivity index (χ3n) is 2.87. The van der Waals surface area contributed by atoms with Gasteiger partial charge in [-0.25, -0.2) is 17.7 Å². The van der Waals surface area contributed by atoms with Crippen LogP contribution in [0, 0.1) is 6.92 Å². The van der Waals surface area contributed by atoms with Crippen molar-refractivity contribution in [2.75, 3.05) is 24.7 Å². The minimum Gasteiger partial charge on any atom is -0.359 e. The van der Waals surface area contributed by atoms with Gasteiger partial charge in [-0.1, -0.05) is 0 Å². The molecule has 1 aliphatic rings. The van der Waals surface area contributed by atoms with Gasteiger partial charge in [0, 0.05) is 30.2 Å². The average Bonchev–Trinajstić information content (AvgIpc) is 2.63. The Labute approximate surface area is 106 Å². The summed E-state index contributed by atoms with van der Waals surface area (Å²) in [6.45, 7) is 3.22. The number of nitrogens with one attached hydrogen (secondary N) is 1. The Morgan fingerprint density at radius 2 is 2.12 bits per heavy atom. The number of nitrogens with zero attached hydrogens (tertiary/aromatic N) is 2. The summed E-state index contributed by atoms with van der Waals surface area (Å²) >= 11 is 1.63. The van der Waals surface area contributed by atoms with Gasteiger partial charge in [-0.05, 0) is 19.8 Å². The zero-order chi connectivity index (χ0) is 12.5. The lowest BCUT2D eigenvalue weighted by molar-refractivity contribution is 0.332. The molecule has 0 radical (unpaired) electrons. The fraction of sp³-hybridized carbons (Fsp3) is 0.700. The van der Waals surface area contributed by atoms with Gasteiger partial charge in [0.1, 0.15) is 0 Å². The van der Waals surface area contributed by atoms with Crippen LogP contribution in [0.4, 0.5) is 5.13 Å². The molecule has 5 nitrogen and oxygen atoms in total. The summed E-state index contributed by atoms with van der Waals surface area (Å²) < 4.78 is 24.2. The Kier molecular flexibility index (Phi) is 3.70. The van der Waals surface area contributed by atoms with Crippen molar-refractivity contribution in [3.05, 3.63) is 11.1 Å². The molecule has 7 heteroatoms. The fourth-order valence-corrected chi connectivity index (χ4v) is 3.54. The van der Waals surface area contributed by atoms with Crippen molar-refractivity contribution in [1.29, 1.82) is 0 Å². The van der Waals surface area contributed by atoms with Crippen LogP contribution in [0.25, 0.3) is 0 Å². The quantitative estimate of drug-likeness (QED) is 0.903. The minimum absolute atomic E-state index is 0.332. The normalized spacial score (nSPS) is 19.4. The van der Waals surface area contributed by atoms with Gasteiger partial charge >= 0.3 is 0 Å². The molecule has 0 unspecified atom stereocenters. The Bertz CT molecular complexity index is 475. The molecule has 0 atom stereocenters. The number of piperidine rings is 1. The maximum absolute atomic E-state index is 11.3. The van der Waals surface area contributed by atoms with E-state index in [9.17, 15) is 8.42 Å². The summed E-state index contributed by atoms with van der Waals surface area (Å²) in [7, 11) is -3.03. The van der Waals surface area contributed by atoms with Gasteiger partial charge < -0.3 is 5.32 Å². The van der Waals surface area contributed by atoms with E-state index < -0.39 is 10.0 Å². The Hall–Kier alpha value is -0.660. The Balaban J connectivity index is 1.87. The number of aromatic nitrogens is 1. The highest BCUT2D eigenvalue weighted by molar-refractivity contribution is 7.88. The maximum atomic E-state index is 11.3. The molecule has 1 aliphatic heterocycles. The number of rotatable bonds is 3. The minimum atomic E-state index is -3.03. The van der Waals surface area contributed by atoms with Gasteiger partial charge in [-0.3, -0.25) is 0 Å². The molecule has 2 heterocycles. The molecule has 0 amide bonds. The monoisotopic (exact) mass is 275 g/mol. The summed E-state index contributed by atoms with van der Waals surface area (Å²) in [4.78, 5) is 5.43. The lowest BCUT2D eigenvalue weighted by Gasteiger charge is -2.30. The first-order valence-corrected chi connectivity index (χ1v) is 8.26. The van der Waals surface area contributed by atoms with Crippen molar-refractivity contribution in [1.82, 2.24) is 9.29 Å². The van der Waals surface area contributed by atoms with Gasteiger partial charge in [0.15, 0.2) is 5.13 Å². The van der Waals surface area contributed by atoms with Crippen LogP contribution in [-0.4, -0.2) is 43.1 Å². The van der Waals surface area contributed by atoms with Crippen molar-refractivity contribution < 1.29 is 8.42 Å². The summed E-state index contributed by atoms with van der Waals surface area (Å²) in [6, 6.07) is 0.332. The van der Waals surface area contributed by atoms with E-state index in [-0.39, 0.29) is 0 Å². The SMILES string of the molecule is Cc1cnc(NC2CCN(S(C)(=O)=O)CC2)s1. The Morgan fingerprint density at radius 1 is 1.47 bits per heavy atom. The van der Waals surface area contributed by atoms with Crippen LogP contribution in [0.5, 0.6) is 0 Å². The third kappa shape index (κ3) is 3.40. The Morgan fingerprint density at radius 3 is 2.59 bits per heavy atom. The number of thiazole rings is 1. The molecule has 1 saturated heterocycles. The van der Waals surface area contributed by atoms with Crippen LogP contribution >= 0.6 is 11.3 Å². The number of sulfonamides is 1. The molecular formula is C10H17N3O2S2. The van der Waals surface area contributed by atoms with E-state index in [0.29, 0.717) is 19.1 Å². The van der Waals surface area contributed by atoms with Crippen LogP contribution < -0.4 is 5.32 Å². The molecule has 0 saturated carbocycles. The zero-order valence-corrected chi connectivity index (χ0v) is 11.6. The van der Waals surface area contributed by atoms with Gasteiger partial charge in [-0.2, -0.15) is 0 Å². The highest BCUT2D eigenvalue weighted by Crippen LogP contribution is 2.21. The largest absolute Gasteiger partial charge is 0.359 e. The van der Waals surface area contributed by atoms with Gasteiger partial charge in [0.25, 0.3) is 0 Å². The lowest BCUT2D eigenvalue weighted by Crippen LogP contribution is -2.41. The second kappa shape index (κ2) is 4.91. The number of anilines is 1. The number of aryl methyl sites for hydroxylation is 1. The zero-order valence-electron chi connectivity index (χ0n) is 10.0. The second-order valence-electron chi connectivity index (χ2n) is 4.36. The summed E-state index contributed by atoms with van der Waals surface area (Å²) in [5.74, 6) is 0. The first-order valence-electron chi connectivity index (χ1n) is 5.59. The average molecular weight is 275 g/mol. The highest BCUT2D eigenvalue weighted by atomic mass is 32.2. The molecule has 96 valence electrons. The van der Waals surface area contributed by atoms with E-state index in [0.717, 1.165) is 18.0 Å². The van der Waals surface area contributed by atoms with Crippen molar-refractivity contribution in [3.63, 3.8) is 0 Å². The van der Waals surface area contributed by atoms with E-state index in [1.165, 1.54) is 15.4 Å². The summed E-state index contributed by atoms with van der Waals surface area (Å²) in [6.07, 6.45) is 4.79. The van der Waals surface area contributed by atoms with E-state index in [4.69, 9.17) is 0 Å². The van der Waals surface area contributed by atoms with E-state index in [1.807, 2.05) is 13.1 Å². The van der Waals surface area contributed by atoms with Gasteiger partial charge in [0.05, 0.1) is 6.26 Å². The molecule has 1 aromatic rings. The first kappa shape index (κ1) is 12.8. The second-order valence-corrected chi connectivity index (χ2v) is 7.57. The fourth-order valence-electron chi connectivity index (χ4n) is 1.93. The van der Waals surface area contributed by atoms with E-state index >= 15 is 0 Å². The smallest absolute Gasteiger partial charge is 0.211 e. The van der Waals surface area contributed by atoms with E-state index in [2.05, 4.69) is 10.3 Å². The molecule has 1 N–H and O–H groups in total. The molecule has 17 heavy (non-hydrogen) atoms. The van der Waals surface area contributed by atoms with Crippen molar-refractivity contribution in [2.45, 2.75) is 25.8 Å². The molecule has 2 rings (SSSR count). The van der Waals surface area contributed by atoms with Crippen LogP contribution in [0.15, 0.2) is 6.20 Å². The number of hydrogen-bond acceptors (Lipinski definition) is 5. The highest BCUT2D eigenvalue weighted by Gasteiger charge is 2.24. The molecule has 1 aromatic heterocycles. The van der Waals surface area contributed by atoms with Crippen LogP contribution in [0.1, 0.15) is 17.7 Å².